The Balaban J connectivity index is 1.21. The van der Waals surface area contributed by atoms with Gasteiger partial charge in [0.15, 0.2) is 5.65 Å². The molecule has 0 saturated heterocycles. The number of carbonyl (C=O) groups excluding carboxylic acids is 1. The molecule has 1 amide bonds. The SMILES string of the molecule is Cc1ncc(Cl)cc1C(=O)NC1CCC(Cn2c(=O)n(-c3cnc4[nH]cc(C)c4c3)c3ncccc32)CC1. The van der Waals surface area contributed by atoms with Gasteiger partial charge in [-0.05, 0) is 75.3 Å². The maximum absolute atomic E-state index is 13.7. The molecule has 38 heavy (non-hydrogen) atoms. The van der Waals surface area contributed by atoms with Crippen LogP contribution in [0.15, 0.2) is 53.8 Å². The van der Waals surface area contributed by atoms with E-state index < -0.39 is 0 Å². The molecule has 5 aromatic heterocycles. The van der Waals surface area contributed by atoms with Gasteiger partial charge in [0.2, 0.25) is 0 Å². The molecule has 2 N–H and O–H groups in total. The standard InChI is InChI=1S/C28H28ClN7O2/c1-16-12-32-25-22(16)11-21(14-33-25)36-26-24(4-3-9-30-26)35(28(36)38)15-18-5-7-20(8-6-18)34-27(37)23-10-19(29)13-31-17(23)2/h3-4,9-14,18,20H,5-8,15H2,1-2H3,(H,32,33)(H,34,37). The minimum atomic E-state index is -0.144. The fourth-order valence-corrected chi connectivity index (χ4v) is 5.65. The number of aromatic nitrogens is 6. The van der Waals surface area contributed by atoms with Crippen molar-refractivity contribution >= 4 is 39.7 Å². The summed E-state index contributed by atoms with van der Waals surface area (Å²) >= 11 is 6.04. The number of rotatable bonds is 5. The third kappa shape index (κ3) is 4.36. The normalized spacial score (nSPS) is 17.8. The Bertz CT molecular complexity index is 1730. The van der Waals surface area contributed by atoms with Gasteiger partial charge in [0, 0.05) is 36.6 Å². The molecule has 0 aromatic carbocycles. The lowest BCUT2D eigenvalue weighted by Gasteiger charge is -2.29. The van der Waals surface area contributed by atoms with Crippen molar-refractivity contribution in [1.82, 2.24) is 34.4 Å². The minimum absolute atomic E-state index is 0.0826. The molecular weight excluding hydrogens is 502 g/mol. The number of fused-ring (bicyclic) bond motifs is 2. The van der Waals surface area contributed by atoms with E-state index in [1.807, 2.05) is 35.9 Å². The van der Waals surface area contributed by atoms with Crippen LogP contribution in [0.3, 0.4) is 0 Å². The number of aromatic amines is 1. The van der Waals surface area contributed by atoms with Gasteiger partial charge >= 0.3 is 5.69 Å². The molecule has 5 aromatic rings. The molecule has 0 spiro atoms. The first-order valence-electron chi connectivity index (χ1n) is 12.8. The first kappa shape index (κ1) is 24.4. The van der Waals surface area contributed by atoms with E-state index in [-0.39, 0.29) is 17.6 Å². The highest BCUT2D eigenvalue weighted by atomic mass is 35.5. The lowest BCUT2D eigenvalue weighted by molar-refractivity contribution is 0.0919. The number of aryl methyl sites for hydroxylation is 2. The molecule has 9 nitrogen and oxygen atoms in total. The Morgan fingerprint density at radius 2 is 1.95 bits per heavy atom. The maximum atomic E-state index is 13.7. The van der Waals surface area contributed by atoms with Gasteiger partial charge in [0.25, 0.3) is 5.91 Å². The maximum Gasteiger partial charge on any atom is 0.335 e. The van der Waals surface area contributed by atoms with E-state index in [2.05, 4.69) is 25.3 Å². The highest BCUT2D eigenvalue weighted by molar-refractivity contribution is 6.30. The lowest BCUT2D eigenvalue weighted by Crippen LogP contribution is -2.39. The molecular formula is C28H28ClN7O2. The zero-order chi connectivity index (χ0) is 26.4. The van der Waals surface area contributed by atoms with Crippen LogP contribution in [0.4, 0.5) is 0 Å². The molecule has 5 heterocycles. The van der Waals surface area contributed by atoms with Crippen LogP contribution in [-0.4, -0.2) is 41.0 Å². The number of pyridine rings is 3. The van der Waals surface area contributed by atoms with Crippen LogP contribution in [0.1, 0.15) is 47.3 Å². The van der Waals surface area contributed by atoms with E-state index in [1.165, 1.54) is 0 Å². The first-order chi connectivity index (χ1) is 18.4. The number of hydrogen-bond donors (Lipinski definition) is 2. The summed E-state index contributed by atoms with van der Waals surface area (Å²) in [4.78, 5) is 42.9. The summed E-state index contributed by atoms with van der Waals surface area (Å²) in [7, 11) is 0. The largest absolute Gasteiger partial charge is 0.349 e. The first-order valence-corrected chi connectivity index (χ1v) is 13.2. The van der Waals surface area contributed by atoms with Crippen molar-refractivity contribution in [1.29, 1.82) is 0 Å². The Morgan fingerprint density at radius 3 is 2.76 bits per heavy atom. The third-order valence-electron chi connectivity index (χ3n) is 7.59. The predicted octanol–water partition coefficient (Wildman–Crippen LogP) is 4.72. The monoisotopic (exact) mass is 529 g/mol. The molecule has 1 aliphatic rings. The van der Waals surface area contributed by atoms with E-state index in [1.54, 1.807) is 36.1 Å². The Labute approximate surface area is 223 Å². The van der Waals surface area contributed by atoms with Crippen molar-refractivity contribution in [2.75, 3.05) is 0 Å². The van der Waals surface area contributed by atoms with E-state index in [9.17, 15) is 9.59 Å². The predicted molar refractivity (Wildman–Crippen MR) is 147 cm³/mol. The number of halogens is 1. The summed E-state index contributed by atoms with van der Waals surface area (Å²) in [6, 6.07) is 7.53. The summed E-state index contributed by atoms with van der Waals surface area (Å²) in [6.45, 7) is 4.42. The quantitative estimate of drug-likeness (QED) is 0.342. The van der Waals surface area contributed by atoms with Crippen LogP contribution >= 0.6 is 11.6 Å². The molecule has 1 saturated carbocycles. The molecule has 0 radical (unpaired) electrons. The highest BCUT2D eigenvalue weighted by Crippen LogP contribution is 2.28. The van der Waals surface area contributed by atoms with Crippen LogP contribution in [0.2, 0.25) is 5.02 Å². The molecule has 0 atom stereocenters. The third-order valence-corrected chi connectivity index (χ3v) is 7.80. The number of carbonyl (C=O) groups is 1. The summed E-state index contributed by atoms with van der Waals surface area (Å²) < 4.78 is 3.49. The van der Waals surface area contributed by atoms with Gasteiger partial charge in [0.1, 0.15) is 5.65 Å². The van der Waals surface area contributed by atoms with Gasteiger partial charge in [-0.3, -0.25) is 14.3 Å². The second-order valence-electron chi connectivity index (χ2n) is 10.1. The molecule has 0 unspecified atom stereocenters. The molecule has 6 rings (SSSR count). The van der Waals surface area contributed by atoms with Gasteiger partial charge in [-0.1, -0.05) is 11.6 Å². The second-order valence-corrected chi connectivity index (χ2v) is 10.6. The number of hydrogen-bond acceptors (Lipinski definition) is 5. The van der Waals surface area contributed by atoms with Crippen molar-refractivity contribution in [3.8, 4) is 5.69 Å². The highest BCUT2D eigenvalue weighted by Gasteiger charge is 2.26. The lowest BCUT2D eigenvalue weighted by atomic mass is 9.85. The van der Waals surface area contributed by atoms with Gasteiger partial charge in [-0.25, -0.2) is 19.3 Å². The topological polar surface area (TPSA) is 110 Å². The number of H-pyrrole nitrogens is 1. The number of imidazole rings is 1. The number of nitrogens with one attached hydrogen (secondary N) is 2. The van der Waals surface area contributed by atoms with Crippen molar-refractivity contribution in [2.24, 2.45) is 5.92 Å². The Morgan fingerprint density at radius 1 is 1.13 bits per heavy atom. The molecule has 0 bridgehead atoms. The molecule has 1 aliphatic carbocycles. The smallest absolute Gasteiger partial charge is 0.335 e. The Kier molecular flexibility index (Phi) is 6.23. The second kappa shape index (κ2) is 9.72. The van der Waals surface area contributed by atoms with Crippen LogP contribution in [0.5, 0.6) is 0 Å². The zero-order valence-corrected chi connectivity index (χ0v) is 22.0. The number of nitrogens with zero attached hydrogens (tertiary/aromatic N) is 5. The summed E-state index contributed by atoms with van der Waals surface area (Å²) in [5, 5.41) is 4.57. The molecule has 0 aliphatic heterocycles. The minimum Gasteiger partial charge on any atom is -0.349 e. The molecule has 10 heteroatoms. The van der Waals surface area contributed by atoms with E-state index in [0.29, 0.717) is 40.1 Å². The van der Waals surface area contributed by atoms with E-state index >= 15 is 0 Å². The van der Waals surface area contributed by atoms with Gasteiger partial charge in [0.05, 0.1) is 33.7 Å². The summed E-state index contributed by atoms with van der Waals surface area (Å²) in [5.74, 6) is 0.178. The van der Waals surface area contributed by atoms with Crippen molar-refractivity contribution in [3.05, 3.63) is 81.4 Å². The fourth-order valence-electron chi connectivity index (χ4n) is 5.49. The summed E-state index contributed by atoms with van der Waals surface area (Å²) in [5.41, 5.74) is 5.05. The fraction of sp³-hybridized carbons (Fsp3) is 0.321. The average Bonchev–Trinajstić information content (AvgIpc) is 3.43. The Hall–Kier alpha value is -3.98. The molecule has 194 valence electrons. The van der Waals surface area contributed by atoms with Crippen molar-refractivity contribution < 1.29 is 4.79 Å². The van der Waals surface area contributed by atoms with Crippen LogP contribution in [-0.2, 0) is 6.54 Å². The van der Waals surface area contributed by atoms with Gasteiger partial charge in [-0.2, -0.15) is 0 Å². The van der Waals surface area contributed by atoms with Gasteiger partial charge < -0.3 is 10.3 Å². The average molecular weight is 530 g/mol. The zero-order valence-electron chi connectivity index (χ0n) is 21.2. The van der Waals surface area contributed by atoms with Crippen molar-refractivity contribution in [3.63, 3.8) is 0 Å². The van der Waals surface area contributed by atoms with Crippen molar-refractivity contribution in [2.45, 2.75) is 52.1 Å². The van der Waals surface area contributed by atoms with E-state index in [4.69, 9.17) is 11.6 Å². The number of amides is 1. The summed E-state index contributed by atoms with van der Waals surface area (Å²) in [6.07, 6.45) is 10.4. The van der Waals surface area contributed by atoms with Gasteiger partial charge in [-0.15, -0.1) is 0 Å². The van der Waals surface area contributed by atoms with E-state index in [0.717, 1.165) is 47.8 Å². The van der Waals surface area contributed by atoms with Crippen LogP contribution in [0.25, 0.3) is 27.9 Å². The van der Waals surface area contributed by atoms with Crippen LogP contribution in [0, 0.1) is 19.8 Å². The molecule has 1 fully saturated rings. The van der Waals surface area contributed by atoms with Crippen LogP contribution < -0.4 is 11.0 Å².